The topological polar surface area (TPSA) is 55.1 Å². The molecule has 17 heavy (non-hydrogen) atoms. The highest BCUT2D eigenvalue weighted by molar-refractivity contribution is 5.95. The molecule has 0 aliphatic rings. The number of carbonyl (C=O) groups is 1. The molecule has 1 amide bonds. The van der Waals surface area contributed by atoms with Gasteiger partial charge < -0.3 is 11.1 Å². The minimum atomic E-state index is -0.604. The van der Waals surface area contributed by atoms with Crippen molar-refractivity contribution in [3.8, 4) is 0 Å². The molecule has 0 unspecified atom stereocenters. The van der Waals surface area contributed by atoms with Crippen LogP contribution in [-0.4, -0.2) is 11.9 Å². The van der Waals surface area contributed by atoms with Gasteiger partial charge in [0.15, 0.2) is 0 Å². The molecule has 3 N–H and O–H groups in total. The zero-order chi connectivity index (χ0) is 13.2. The number of nitrogens with one attached hydrogen (secondary N) is 1. The number of halogens is 1. The van der Waals surface area contributed by atoms with Crippen LogP contribution < -0.4 is 11.1 Å². The summed E-state index contributed by atoms with van der Waals surface area (Å²) < 4.78 is 13.0. The van der Waals surface area contributed by atoms with Crippen LogP contribution in [0.5, 0.6) is 0 Å². The van der Waals surface area contributed by atoms with Gasteiger partial charge in [0.25, 0.3) is 0 Å². The van der Waals surface area contributed by atoms with Crippen molar-refractivity contribution in [2.75, 3.05) is 5.32 Å². The fraction of sp³-hybridized carbons (Fsp3) is 0.462. The lowest BCUT2D eigenvalue weighted by molar-refractivity contribution is -0.119. The lowest BCUT2D eigenvalue weighted by Crippen LogP contribution is -2.45. The van der Waals surface area contributed by atoms with Crippen LogP contribution in [0, 0.1) is 18.2 Å². The van der Waals surface area contributed by atoms with E-state index in [1.807, 2.05) is 20.8 Å². The van der Waals surface area contributed by atoms with Gasteiger partial charge in [-0.3, -0.25) is 4.79 Å². The number of anilines is 1. The molecule has 0 aromatic heterocycles. The first kappa shape index (κ1) is 13.6. The summed E-state index contributed by atoms with van der Waals surface area (Å²) in [4.78, 5) is 11.8. The highest BCUT2D eigenvalue weighted by Crippen LogP contribution is 2.19. The van der Waals surface area contributed by atoms with Crippen molar-refractivity contribution >= 4 is 11.6 Å². The molecule has 94 valence electrons. The summed E-state index contributed by atoms with van der Waals surface area (Å²) in [6.45, 7) is 7.34. The van der Waals surface area contributed by atoms with Crippen LogP contribution in [0.2, 0.25) is 0 Å². The molecule has 0 fully saturated rings. The fourth-order valence-electron chi connectivity index (χ4n) is 1.34. The summed E-state index contributed by atoms with van der Waals surface area (Å²) in [5, 5.41) is 2.69. The zero-order valence-electron chi connectivity index (χ0n) is 10.7. The summed E-state index contributed by atoms with van der Waals surface area (Å²) in [6, 6.07) is 3.83. The molecule has 0 heterocycles. The van der Waals surface area contributed by atoms with Crippen LogP contribution >= 0.6 is 0 Å². The average Bonchev–Trinajstić information content (AvgIpc) is 2.21. The molecule has 0 aliphatic heterocycles. The van der Waals surface area contributed by atoms with E-state index in [-0.39, 0.29) is 17.1 Å². The third-order valence-electron chi connectivity index (χ3n) is 2.64. The van der Waals surface area contributed by atoms with Crippen molar-refractivity contribution < 1.29 is 9.18 Å². The standard InChI is InChI=1S/C13H19FN2O/c1-8-7-9(5-6-10(8)14)16-12(17)11(15)13(2,3)4/h5-7,11H,15H2,1-4H3,(H,16,17)/t11-/m0/s1. The average molecular weight is 238 g/mol. The van der Waals surface area contributed by atoms with E-state index in [9.17, 15) is 9.18 Å². The summed E-state index contributed by atoms with van der Waals surface area (Å²) in [5.74, 6) is -0.549. The molecule has 1 rings (SSSR count). The zero-order valence-corrected chi connectivity index (χ0v) is 10.7. The summed E-state index contributed by atoms with van der Waals surface area (Å²) >= 11 is 0. The van der Waals surface area contributed by atoms with Gasteiger partial charge in [-0.15, -0.1) is 0 Å². The quantitative estimate of drug-likeness (QED) is 0.831. The van der Waals surface area contributed by atoms with Crippen LogP contribution in [0.15, 0.2) is 18.2 Å². The van der Waals surface area contributed by atoms with Gasteiger partial charge in [0.1, 0.15) is 5.82 Å². The lowest BCUT2D eigenvalue weighted by Gasteiger charge is -2.25. The van der Waals surface area contributed by atoms with Crippen LogP contribution in [0.4, 0.5) is 10.1 Å². The van der Waals surface area contributed by atoms with Gasteiger partial charge in [-0.25, -0.2) is 4.39 Å². The fourth-order valence-corrected chi connectivity index (χ4v) is 1.34. The molecular weight excluding hydrogens is 219 g/mol. The predicted octanol–water partition coefficient (Wildman–Crippen LogP) is 2.45. The van der Waals surface area contributed by atoms with Gasteiger partial charge in [-0.2, -0.15) is 0 Å². The number of hydrogen-bond donors (Lipinski definition) is 2. The molecule has 1 atom stereocenters. The first-order valence-corrected chi connectivity index (χ1v) is 5.54. The molecule has 0 bridgehead atoms. The molecule has 0 saturated carbocycles. The first-order chi connectivity index (χ1) is 7.71. The Balaban J connectivity index is 2.78. The van der Waals surface area contributed by atoms with Gasteiger partial charge >= 0.3 is 0 Å². The summed E-state index contributed by atoms with van der Waals surface area (Å²) in [6.07, 6.45) is 0. The molecule has 3 nitrogen and oxygen atoms in total. The molecule has 1 aromatic rings. The third-order valence-corrected chi connectivity index (χ3v) is 2.64. The van der Waals surface area contributed by atoms with Crippen molar-refractivity contribution in [3.63, 3.8) is 0 Å². The largest absolute Gasteiger partial charge is 0.325 e. The highest BCUT2D eigenvalue weighted by atomic mass is 19.1. The second-order valence-corrected chi connectivity index (χ2v) is 5.30. The van der Waals surface area contributed by atoms with Gasteiger partial charge in [-0.1, -0.05) is 20.8 Å². The highest BCUT2D eigenvalue weighted by Gasteiger charge is 2.27. The SMILES string of the molecule is Cc1cc(NC(=O)[C@H](N)C(C)(C)C)ccc1F. The number of rotatable bonds is 2. The molecule has 0 spiro atoms. The van der Waals surface area contributed by atoms with Crippen molar-refractivity contribution in [1.29, 1.82) is 0 Å². The molecule has 1 aromatic carbocycles. The number of aryl methyl sites for hydroxylation is 1. The normalized spacial score (nSPS) is 13.3. The van der Waals surface area contributed by atoms with E-state index < -0.39 is 6.04 Å². The van der Waals surface area contributed by atoms with E-state index in [0.717, 1.165) is 0 Å². The van der Waals surface area contributed by atoms with Gasteiger partial charge in [-0.05, 0) is 36.1 Å². The second-order valence-electron chi connectivity index (χ2n) is 5.30. The number of hydrogen-bond acceptors (Lipinski definition) is 2. The Morgan fingerprint density at radius 2 is 2.00 bits per heavy atom. The van der Waals surface area contributed by atoms with Crippen LogP contribution in [0.3, 0.4) is 0 Å². The predicted molar refractivity (Wildman–Crippen MR) is 67.2 cm³/mol. The molecule has 0 saturated heterocycles. The Morgan fingerprint density at radius 3 is 2.47 bits per heavy atom. The van der Waals surface area contributed by atoms with Gasteiger partial charge in [0.05, 0.1) is 6.04 Å². The van der Waals surface area contributed by atoms with Crippen molar-refractivity contribution in [3.05, 3.63) is 29.6 Å². The Morgan fingerprint density at radius 1 is 1.41 bits per heavy atom. The number of nitrogens with two attached hydrogens (primary N) is 1. The monoisotopic (exact) mass is 238 g/mol. The van der Waals surface area contributed by atoms with Crippen LogP contribution in [0.25, 0.3) is 0 Å². The van der Waals surface area contributed by atoms with E-state index in [2.05, 4.69) is 5.32 Å². The summed E-state index contributed by atoms with van der Waals surface area (Å²) in [7, 11) is 0. The lowest BCUT2D eigenvalue weighted by atomic mass is 9.87. The number of benzene rings is 1. The summed E-state index contributed by atoms with van der Waals surface area (Å²) in [5.41, 5.74) is 6.57. The van der Waals surface area contributed by atoms with E-state index in [4.69, 9.17) is 5.73 Å². The first-order valence-electron chi connectivity index (χ1n) is 5.54. The second kappa shape index (κ2) is 4.84. The maximum absolute atomic E-state index is 13.0. The van der Waals surface area contributed by atoms with E-state index in [1.54, 1.807) is 13.0 Å². The number of amides is 1. The maximum Gasteiger partial charge on any atom is 0.241 e. The van der Waals surface area contributed by atoms with Crippen LogP contribution in [0.1, 0.15) is 26.3 Å². The Labute approximate surface area is 101 Å². The minimum Gasteiger partial charge on any atom is -0.325 e. The minimum absolute atomic E-state index is 0.261. The molecule has 4 heteroatoms. The Hall–Kier alpha value is -1.42. The van der Waals surface area contributed by atoms with E-state index in [0.29, 0.717) is 11.3 Å². The Bertz CT molecular complexity index is 424. The third kappa shape index (κ3) is 3.53. The van der Waals surface area contributed by atoms with Crippen LogP contribution in [-0.2, 0) is 4.79 Å². The number of carbonyl (C=O) groups excluding carboxylic acids is 1. The van der Waals surface area contributed by atoms with Gasteiger partial charge in [0.2, 0.25) is 5.91 Å². The maximum atomic E-state index is 13.0. The molecule has 0 aliphatic carbocycles. The van der Waals surface area contributed by atoms with Crippen molar-refractivity contribution in [2.24, 2.45) is 11.1 Å². The molecular formula is C13H19FN2O. The Kier molecular flexibility index (Phi) is 3.88. The van der Waals surface area contributed by atoms with E-state index in [1.165, 1.54) is 12.1 Å². The smallest absolute Gasteiger partial charge is 0.241 e. The van der Waals surface area contributed by atoms with Crippen molar-refractivity contribution in [2.45, 2.75) is 33.7 Å². The van der Waals surface area contributed by atoms with E-state index >= 15 is 0 Å². The van der Waals surface area contributed by atoms with Gasteiger partial charge in [0, 0.05) is 5.69 Å². The molecule has 0 radical (unpaired) electrons. The van der Waals surface area contributed by atoms with Crippen molar-refractivity contribution in [1.82, 2.24) is 0 Å².